The molecule has 0 bridgehead atoms. The highest BCUT2D eigenvalue weighted by atomic mass is 16.3. The molecule has 5 nitrogen and oxygen atoms in total. The van der Waals surface area contributed by atoms with Crippen LogP contribution in [-0.2, 0) is 9.59 Å². The molecule has 140 valence electrons. The van der Waals surface area contributed by atoms with Crippen LogP contribution in [0.15, 0.2) is 18.2 Å². The van der Waals surface area contributed by atoms with Crippen LogP contribution in [-0.4, -0.2) is 30.1 Å². The van der Waals surface area contributed by atoms with E-state index in [0.29, 0.717) is 24.6 Å². The average molecular weight is 348 g/mol. The Kier molecular flexibility index (Phi) is 8.62. The first-order valence-corrected chi connectivity index (χ1v) is 9.05. The predicted octanol–water partition coefficient (Wildman–Crippen LogP) is 3.22. The number of carbonyl (C=O) groups is 2. The van der Waals surface area contributed by atoms with Crippen LogP contribution in [0.1, 0.15) is 57.6 Å². The van der Waals surface area contributed by atoms with Gasteiger partial charge in [-0.15, -0.1) is 0 Å². The molecule has 1 aromatic rings. The molecule has 0 spiro atoms. The zero-order valence-electron chi connectivity index (χ0n) is 16.1. The SMILES string of the molecule is Cc1cccc(C(C)C)c1NC(=O)C(=O)NCC(CCO)CC(C)C. The topological polar surface area (TPSA) is 78.4 Å². The number of carbonyl (C=O) groups excluding carboxylic acids is 2. The fraction of sp³-hybridized carbons (Fsp3) is 0.600. The lowest BCUT2D eigenvalue weighted by Crippen LogP contribution is -2.38. The van der Waals surface area contributed by atoms with Gasteiger partial charge in [-0.3, -0.25) is 9.59 Å². The maximum absolute atomic E-state index is 12.3. The molecular formula is C20H32N2O3. The van der Waals surface area contributed by atoms with Gasteiger partial charge in [-0.2, -0.15) is 0 Å². The van der Waals surface area contributed by atoms with Gasteiger partial charge >= 0.3 is 11.8 Å². The molecule has 3 N–H and O–H groups in total. The summed E-state index contributed by atoms with van der Waals surface area (Å²) in [4.78, 5) is 24.4. The summed E-state index contributed by atoms with van der Waals surface area (Å²) in [7, 11) is 0. The van der Waals surface area contributed by atoms with E-state index in [1.807, 2.05) is 25.1 Å². The monoisotopic (exact) mass is 348 g/mol. The van der Waals surface area contributed by atoms with E-state index < -0.39 is 11.8 Å². The van der Waals surface area contributed by atoms with Gasteiger partial charge in [-0.25, -0.2) is 0 Å². The smallest absolute Gasteiger partial charge is 0.313 e. The third-order valence-corrected chi connectivity index (χ3v) is 4.27. The highest BCUT2D eigenvalue weighted by molar-refractivity contribution is 6.39. The van der Waals surface area contributed by atoms with E-state index in [0.717, 1.165) is 17.5 Å². The Morgan fingerprint density at radius 2 is 1.80 bits per heavy atom. The zero-order chi connectivity index (χ0) is 19.0. The van der Waals surface area contributed by atoms with Crippen LogP contribution in [0.25, 0.3) is 0 Å². The van der Waals surface area contributed by atoms with E-state index in [1.165, 1.54) is 0 Å². The van der Waals surface area contributed by atoms with Crippen molar-refractivity contribution in [3.8, 4) is 0 Å². The Morgan fingerprint density at radius 1 is 1.12 bits per heavy atom. The van der Waals surface area contributed by atoms with Crippen LogP contribution >= 0.6 is 0 Å². The number of benzene rings is 1. The quantitative estimate of drug-likeness (QED) is 0.631. The number of hydrogen-bond donors (Lipinski definition) is 3. The standard InChI is InChI=1S/C20H32N2O3/c1-13(2)11-16(9-10-23)12-21-19(24)20(25)22-18-15(5)7-6-8-17(18)14(3)4/h6-8,13-14,16,23H,9-12H2,1-5H3,(H,21,24)(H,22,25). The third kappa shape index (κ3) is 6.86. The number of aryl methyl sites for hydroxylation is 1. The fourth-order valence-electron chi connectivity index (χ4n) is 2.98. The minimum atomic E-state index is -0.650. The summed E-state index contributed by atoms with van der Waals surface area (Å²) in [5.41, 5.74) is 2.66. The fourth-order valence-corrected chi connectivity index (χ4v) is 2.98. The Balaban J connectivity index is 2.70. The number of anilines is 1. The number of amides is 2. The van der Waals surface area contributed by atoms with Crippen molar-refractivity contribution in [3.63, 3.8) is 0 Å². The maximum Gasteiger partial charge on any atom is 0.313 e. The molecule has 1 rings (SSSR count). The van der Waals surface area contributed by atoms with Gasteiger partial charge < -0.3 is 15.7 Å². The van der Waals surface area contributed by atoms with Gasteiger partial charge in [0.25, 0.3) is 0 Å². The van der Waals surface area contributed by atoms with E-state index in [9.17, 15) is 9.59 Å². The lowest BCUT2D eigenvalue weighted by molar-refractivity contribution is -0.136. The van der Waals surface area contributed by atoms with Gasteiger partial charge in [-0.05, 0) is 48.6 Å². The van der Waals surface area contributed by atoms with Gasteiger partial charge in [-0.1, -0.05) is 45.9 Å². The number of para-hydroxylation sites is 1. The number of hydrogen-bond acceptors (Lipinski definition) is 3. The molecule has 1 aromatic carbocycles. The Morgan fingerprint density at radius 3 is 2.36 bits per heavy atom. The van der Waals surface area contributed by atoms with Crippen molar-refractivity contribution in [2.24, 2.45) is 11.8 Å². The number of rotatable bonds is 8. The minimum Gasteiger partial charge on any atom is -0.396 e. The summed E-state index contributed by atoms with van der Waals surface area (Å²) in [5, 5.41) is 14.6. The van der Waals surface area contributed by atoms with Gasteiger partial charge in [0.2, 0.25) is 0 Å². The predicted molar refractivity (Wildman–Crippen MR) is 102 cm³/mol. The summed E-state index contributed by atoms with van der Waals surface area (Å²) in [5.74, 6) is -0.388. The summed E-state index contributed by atoms with van der Waals surface area (Å²) in [6, 6.07) is 5.83. The van der Waals surface area contributed by atoms with Gasteiger partial charge in [0, 0.05) is 18.8 Å². The lowest BCUT2D eigenvalue weighted by atomic mass is 9.94. The van der Waals surface area contributed by atoms with E-state index in [1.54, 1.807) is 0 Å². The molecule has 0 fully saturated rings. The highest BCUT2D eigenvalue weighted by Crippen LogP contribution is 2.27. The van der Waals surface area contributed by atoms with Crippen LogP contribution in [0.5, 0.6) is 0 Å². The molecule has 0 radical (unpaired) electrons. The van der Waals surface area contributed by atoms with Crippen molar-refractivity contribution in [3.05, 3.63) is 29.3 Å². The van der Waals surface area contributed by atoms with Crippen LogP contribution in [0.2, 0.25) is 0 Å². The van der Waals surface area contributed by atoms with Gasteiger partial charge in [0.05, 0.1) is 0 Å². The molecule has 1 unspecified atom stereocenters. The second-order valence-electron chi connectivity index (χ2n) is 7.37. The molecule has 0 saturated heterocycles. The highest BCUT2D eigenvalue weighted by Gasteiger charge is 2.19. The van der Waals surface area contributed by atoms with E-state index >= 15 is 0 Å². The minimum absolute atomic E-state index is 0.0837. The summed E-state index contributed by atoms with van der Waals surface area (Å²) in [6.45, 7) is 10.7. The zero-order valence-corrected chi connectivity index (χ0v) is 16.1. The molecule has 0 aromatic heterocycles. The van der Waals surface area contributed by atoms with Crippen molar-refractivity contribution in [1.82, 2.24) is 5.32 Å². The molecule has 5 heteroatoms. The molecule has 1 atom stereocenters. The van der Waals surface area contributed by atoms with Crippen LogP contribution in [0.3, 0.4) is 0 Å². The van der Waals surface area contributed by atoms with Crippen molar-refractivity contribution >= 4 is 17.5 Å². The van der Waals surface area contributed by atoms with E-state index in [-0.39, 0.29) is 18.4 Å². The van der Waals surface area contributed by atoms with E-state index in [2.05, 4.69) is 38.3 Å². The van der Waals surface area contributed by atoms with E-state index in [4.69, 9.17) is 5.11 Å². The first-order chi connectivity index (χ1) is 11.8. The van der Waals surface area contributed by atoms with Crippen molar-refractivity contribution < 1.29 is 14.7 Å². The summed E-state index contributed by atoms with van der Waals surface area (Å²) in [6.07, 6.45) is 1.52. The van der Waals surface area contributed by atoms with Crippen molar-refractivity contribution in [2.45, 2.75) is 53.4 Å². The molecule has 0 heterocycles. The van der Waals surface area contributed by atoms with Crippen LogP contribution in [0.4, 0.5) is 5.69 Å². The summed E-state index contributed by atoms with van der Waals surface area (Å²) >= 11 is 0. The van der Waals surface area contributed by atoms with Crippen molar-refractivity contribution in [1.29, 1.82) is 0 Å². The van der Waals surface area contributed by atoms with Gasteiger partial charge in [0.15, 0.2) is 0 Å². The Hall–Kier alpha value is -1.88. The first kappa shape index (κ1) is 21.2. The Labute approximate surface area is 151 Å². The first-order valence-electron chi connectivity index (χ1n) is 9.05. The number of aliphatic hydroxyl groups is 1. The molecule has 0 saturated carbocycles. The molecule has 0 aliphatic carbocycles. The molecule has 0 aliphatic heterocycles. The number of aliphatic hydroxyl groups excluding tert-OH is 1. The maximum atomic E-state index is 12.3. The second kappa shape index (κ2) is 10.2. The molecular weight excluding hydrogens is 316 g/mol. The van der Waals surface area contributed by atoms with Crippen LogP contribution in [0, 0.1) is 18.8 Å². The molecule has 2 amide bonds. The molecule has 0 aliphatic rings. The third-order valence-electron chi connectivity index (χ3n) is 4.27. The summed E-state index contributed by atoms with van der Waals surface area (Å²) < 4.78 is 0. The normalized spacial score (nSPS) is 12.3. The largest absolute Gasteiger partial charge is 0.396 e. The van der Waals surface area contributed by atoms with Gasteiger partial charge in [0.1, 0.15) is 0 Å². The average Bonchev–Trinajstić information content (AvgIpc) is 2.53. The second-order valence-corrected chi connectivity index (χ2v) is 7.37. The Bertz CT molecular complexity index is 582. The van der Waals surface area contributed by atoms with Crippen molar-refractivity contribution in [2.75, 3.05) is 18.5 Å². The lowest BCUT2D eigenvalue weighted by Gasteiger charge is -2.19. The van der Waals surface area contributed by atoms with Crippen LogP contribution < -0.4 is 10.6 Å². The molecule has 25 heavy (non-hydrogen) atoms. The number of nitrogens with one attached hydrogen (secondary N) is 2.